The summed E-state index contributed by atoms with van der Waals surface area (Å²) < 4.78 is 0. The van der Waals surface area contributed by atoms with Gasteiger partial charge >= 0.3 is 0 Å². The van der Waals surface area contributed by atoms with Crippen molar-refractivity contribution < 1.29 is 5.11 Å². The molecule has 3 fully saturated rings. The molecule has 2 heteroatoms. The summed E-state index contributed by atoms with van der Waals surface area (Å²) in [5, 5.41) is 14.0. The van der Waals surface area contributed by atoms with E-state index in [1.807, 2.05) is 0 Å². The minimum absolute atomic E-state index is 0.381. The lowest BCUT2D eigenvalue weighted by Gasteiger charge is -2.46. The third kappa shape index (κ3) is 1.67. The second-order valence-electron chi connectivity index (χ2n) is 7.81. The molecule has 3 aliphatic carbocycles. The molecule has 0 heterocycles. The number of nitrogens with one attached hydrogen (secondary N) is 1. The van der Waals surface area contributed by atoms with E-state index in [1.165, 1.54) is 25.7 Å². The van der Waals surface area contributed by atoms with Gasteiger partial charge < -0.3 is 10.4 Å². The van der Waals surface area contributed by atoms with Crippen molar-refractivity contribution in [3.05, 3.63) is 0 Å². The number of rotatable bonds is 3. The molecule has 98 valence electrons. The van der Waals surface area contributed by atoms with Crippen LogP contribution < -0.4 is 5.32 Å². The van der Waals surface area contributed by atoms with Gasteiger partial charge in [0, 0.05) is 12.6 Å². The van der Waals surface area contributed by atoms with Crippen LogP contribution in [0.1, 0.15) is 59.3 Å². The Kier molecular flexibility index (Phi) is 2.45. The maximum absolute atomic E-state index is 10.2. The van der Waals surface area contributed by atoms with Crippen LogP contribution in [-0.4, -0.2) is 23.3 Å². The standard InChI is InChI=1S/C15H27NO/c1-13(2)11-5-8-14(3,9-11)12(13)16-10-15(17)6-4-7-15/h11-12,16-17H,4-10H2,1-3H3. The Balaban J connectivity index is 1.69. The molecular formula is C15H27NO. The molecule has 17 heavy (non-hydrogen) atoms. The molecule has 0 aromatic rings. The largest absolute Gasteiger partial charge is 0.389 e. The number of aliphatic hydroxyl groups is 1. The molecule has 0 aliphatic heterocycles. The van der Waals surface area contributed by atoms with Crippen LogP contribution in [-0.2, 0) is 0 Å². The first kappa shape index (κ1) is 12.0. The van der Waals surface area contributed by atoms with Gasteiger partial charge in [-0.15, -0.1) is 0 Å². The zero-order valence-corrected chi connectivity index (χ0v) is 11.6. The first-order valence-electron chi connectivity index (χ1n) is 7.32. The first-order chi connectivity index (χ1) is 7.86. The van der Waals surface area contributed by atoms with Crippen LogP contribution in [0.4, 0.5) is 0 Å². The third-order valence-electron chi connectivity index (χ3n) is 6.19. The lowest BCUT2D eigenvalue weighted by molar-refractivity contribution is -0.0413. The summed E-state index contributed by atoms with van der Waals surface area (Å²) in [6.07, 6.45) is 7.35. The minimum atomic E-state index is -0.381. The summed E-state index contributed by atoms with van der Waals surface area (Å²) in [5.41, 5.74) is 0.510. The predicted molar refractivity (Wildman–Crippen MR) is 69.8 cm³/mol. The highest BCUT2D eigenvalue weighted by molar-refractivity contribution is 5.12. The van der Waals surface area contributed by atoms with Crippen molar-refractivity contribution in [1.82, 2.24) is 5.32 Å². The third-order valence-corrected chi connectivity index (χ3v) is 6.19. The summed E-state index contributed by atoms with van der Waals surface area (Å²) in [6, 6.07) is 0.596. The van der Waals surface area contributed by atoms with Crippen molar-refractivity contribution in [2.24, 2.45) is 16.7 Å². The molecule has 3 unspecified atom stereocenters. The average molecular weight is 237 g/mol. The molecule has 3 aliphatic rings. The highest BCUT2D eigenvalue weighted by Crippen LogP contribution is 2.62. The monoisotopic (exact) mass is 237 g/mol. The van der Waals surface area contributed by atoms with Crippen molar-refractivity contribution in [1.29, 1.82) is 0 Å². The van der Waals surface area contributed by atoms with E-state index in [9.17, 15) is 5.11 Å². The Bertz CT molecular complexity index is 316. The minimum Gasteiger partial charge on any atom is -0.389 e. The molecule has 0 aromatic heterocycles. The molecule has 2 N–H and O–H groups in total. The van der Waals surface area contributed by atoms with E-state index in [0.717, 1.165) is 25.3 Å². The normalized spacial score (nSPS) is 45.9. The molecule has 0 saturated heterocycles. The van der Waals surface area contributed by atoms with Gasteiger partial charge in [0.2, 0.25) is 0 Å². The Morgan fingerprint density at radius 3 is 2.35 bits per heavy atom. The van der Waals surface area contributed by atoms with E-state index in [4.69, 9.17) is 0 Å². The van der Waals surface area contributed by atoms with Crippen molar-refractivity contribution in [2.75, 3.05) is 6.54 Å². The molecule has 2 bridgehead atoms. The Morgan fingerprint density at radius 1 is 1.18 bits per heavy atom. The van der Waals surface area contributed by atoms with Gasteiger partial charge in [0.05, 0.1) is 5.60 Å². The van der Waals surface area contributed by atoms with Gasteiger partial charge in [0.15, 0.2) is 0 Å². The molecule has 0 amide bonds. The zero-order chi connectivity index (χ0) is 12.3. The fourth-order valence-corrected chi connectivity index (χ4v) is 4.87. The first-order valence-corrected chi connectivity index (χ1v) is 7.32. The van der Waals surface area contributed by atoms with Crippen molar-refractivity contribution in [3.8, 4) is 0 Å². The van der Waals surface area contributed by atoms with Gasteiger partial charge in [-0.3, -0.25) is 0 Å². The summed E-state index contributed by atoms with van der Waals surface area (Å²) in [4.78, 5) is 0. The lowest BCUT2D eigenvalue weighted by Crippen LogP contribution is -2.56. The van der Waals surface area contributed by atoms with Crippen molar-refractivity contribution >= 4 is 0 Å². The molecule has 0 radical (unpaired) electrons. The molecule has 3 atom stereocenters. The van der Waals surface area contributed by atoms with Gasteiger partial charge in [-0.2, -0.15) is 0 Å². The second-order valence-corrected chi connectivity index (χ2v) is 7.81. The molecule has 0 aromatic carbocycles. The summed E-state index contributed by atoms with van der Waals surface area (Å²) in [5.74, 6) is 0.890. The Labute approximate surface area is 105 Å². The van der Waals surface area contributed by atoms with Crippen LogP contribution >= 0.6 is 0 Å². The summed E-state index contributed by atoms with van der Waals surface area (Å²) in [7, 11) is 0. The van der Waals surface area contributed by atoms with Crippen LogP contribution in [0.3, 0.4) is 0 Å². The van der Waals surface area contributed by atoms with Crippen LogP contribution in [0.15, 0.2) is 0 Å². The van der Waals surface area contributed by atoms with E-state index in [-0.39, 0.29) is 5.60 Å². The van der Waals surface area contributed by atoms with E-state index in [2.05, 4.69) is 26.1 Å². The fourth-order valence-electron chi connectivity index (χ4n) is 4.87. The van der Waals surface area contributed by atoms with Gasteiger partial charge in [-0.05, 0) is 55.3 Å². The summed E-state index contributed by atoms with van der Waals surface area (Å²) in [6.45, 7) is 8.10. The second kappa shape index (κ2) is 3.48. The van der Waals surface area contributed by atoms with E-state index >= 15 is 0 Å². The lowest BCUT2D eigenvalue weighted by atomic mass is 9.68. The molecule has 3 rings (SSSR count). The molecule has 2 nitrogen and oxygen atoms in total. The number of hydrogen-bond acceptors (Lipinski definition) is 2. The number of fused-ring (bicyclic) bond motifs is 2. The quantitative estimate of drug-likeness (QED) is 0.791. The topological polar surface area (TPSA) is 32.3 Å². The van der Waals surface area contributed by atoms with Crippen LogP contribution in [0.2, 0.25) is 0 Å². The van der Waals surface area contributed by atoms with Gasteiger partial charge in [-0.25, -0.2) is 0 Å². The smallest absolute Gasteiger partial charge is 0.0771 e. The van der Waals surface area contributed by atoms with Crippen molar-refractivity contribution in [3.63, 3.8) is 0 Å². The Morgan fingerprint density at radius 2 is 1.88 bits per heavy atom. The van der Waals surface area contributed by atoms with E-state index in [1.54, 1.807) is 0 Å². The fraction of sp³-hybridized carbons (Fsp3) is 1.00. The highest BCUT2D eigenvalue weighted by atomic mass is 16.3. The maximum atomic E-state index is 10.2. The predicted octanol–water partition coefficient (Wildman–Crippen LogP) is 2.71. The van der Waals surface area contributed by atoms with E-state index < -0.39 is 0 Å². The Hall–Kier alpha value is -0.0800. The maximum Gasteiger partial charge on any atom is 0.0771 e. The SMILES string of the molecule is CC12CCC(C1)C(C)(C)C2NCC1(O)CCC1. The summed E-state index contributed by atoms with van der Waals surface area (Å²) >= 11 is 0. The van der Waals surface area contributed by atoms with Gasteiger partial charge in [0.1, 0.15) is 0 Å². The van der Waals surface area contributed by atoms with Crippen LogP contribution in [0, 0.1) is 16.7 Å². The van der Waals surface area contributed by atoms with Crippen LogP contribution in [0.25, 0.3) is 0 Å². The average Bonchev–Trinajstić information content (AvgIpc) is 2.66. The molecule has 3 saturated carbocycles. The van der Waals surface area contributed by atoms with Gasteiger partial charge in [0.25, 0.3) is 0 Å². The molecule has 0 spiro atoms. The van der Waals surface area contributed by atoms with Gasteiger partial charge in [-0.1, -0.05) is 20.8 Å². The highest BCUT2D eigenvalue weighted by Gasteiger charge is 2.59. The van der Waals surface area contributed by atoms with E-state index in [0.29, 0.717) is 16.9 Å². The zero-order valence-electron chi connectivity index (χ0n) is 11.6. The number of hydrogen-bond donors (Lipinski definition) is 2. The van der Waals surface area contributed by atoms with Crippen molar-refractivity contribution in [2.45, 2.75) is 70.9 Å². The molecular weight excluding hydrogens is 210 g/mol. The van der Waals surface area contributed by atoms with Crippen LogP contribution in [0.5, 0.6) is 0 Å².